The van der Waals surface area contributed by atoms with Gasteiger partial charge in [-0.2, -0.15) is 0 Å². The van der Waals surface area contributed by atoms with Crippen LogP contribution >= 0.6 is 0 Å². The summed E-state index contributed by atoms with van der Waals surface area (Å²) in [5.41, 5.74) is 4.59. The first-order valence-corrected chi connectivity index (χ1v) is 22.2. The van der Waals surface area contributed by atoms with E-state index in [1.165, 1.54) is 32.6 Å². The van der Waals surface area contributed by atoms with E-state index in [9.17, 15) is 0 Å². The Kier molecular flexibility index (Phi) is 8.98. The average Bonchev–Trinajstić information content (AvgIpc) is 3.27. The molecule has 0 atom stereocenters. The van der Waals surface area contributed by atoms with Crippen molar-refractivity contribution in [3.63, 3.8) is 0 Å². The molecule has 0 heterocycles. The van der Waals surface area contributed by atoms with E-state index in [2.05, 4.69) is 146 Å². The second-order valence-electron chi connectivity index (χ2n) is 8.54. The molecule has 0 amide bonds. The summed E-state index contributed by atoms with van der Waals surface area (Å²) in [5, 5.41) is 3.07. The molecule has 4 aliphatic rings. The quantitative estimate of drug-likeness (QED) is 0.215. The van der Waals surface area contributed by atoms with E-state index >= 15 is 0 Å². The maximum atomic E-state index is 2.46. The molecular formula is C32H24Cl2HfSi. The van der Waals surface area contributed by atoms with Crippen LogP contribution in [0.4, 0.5) is 0 Å². The summed E-state index contributed by atoms with van der Waals surface area (Å²) in [6, 6.07) is 54.5. The van der Waals surface area contributed by atoms with Gasteiger partial charge in [-0.25, -0.2) is 0 Å². The fraction of sp³-hybridized carbons (Fsp3) is 0. The van der Waals surface area contributed by atoms with Gasteiger partial charge < -0.3 is 24.8 Å². The Balaban J connectivity index is 0.00000152. The van der Waals surface area contributed by atoms with Gasteiger partial charge in [-0.3, -0.25) is 0 Å². The van der Waals surface area contributed by atoms with Crippen LogP contribution in [-0.4, -0.2) is 5.49 Å². The van der Waals surface area contributed by atoms with Crippen molar-refractivity contribution in [2.24, 2.45) is 0 Å². The molecular weight excluding hydrogens is 662 g/mol. The van der Waals surface area contributed by atoms with Crippen molar-refractivity contribution in [3.8, 4) is 22.3 Å². The molecule has 6 rings (SSSR count). The Morgan fingerprint density at radius 2 is 0.722 bits per heavy atom. The monoisotopic (exact) mass is 686 g/mol. The van der Waals surface area contributed by atoms with E-state index in [1.807, 2.05) is 0 Å². The van der Waals surface area contributed by atoms with Crippen LogP contribution in [0.15, 0.2) is 146 Å². The van der Waals surface area contributed by atoms with Gasteiger partial charge in [-0.1, -0.05) is 0 Å². The van der Waals surface area contributed by atoms with Gasteiger partial charge in [-0.05, 0) is 0 Å². The number of hydrogen-bond donors (Lipinski definition) is 0. The second kappa shape index (κ2) is 12.2. The Labute approximate surface area is 233 Å². The molecule has 0 aromatic heterocycles. The van der Waals surface area contributed by atoms with E-state index in [1.54, 1.807) is 6.64 Å². The number of halogens is 2. The molecule has 2 aromatic rings. The predicted octanol–water partition coefficient (Wildman–Crippen LogP) is -0.721. The van der Waals surface area contributed by atoms with Crippen LogP contribution in [0.3, 0.4) is 0 Å². The Hall–Kier alpha value is -2.49. The molecule has 0 N–H and O–H groups in total. The molecule has 0 bridgehead atoms. The maximum absolute atomic E-state index is 2.73. The molecule has 4 aliphatic carbocycles. The van der Waals surface area contributed by atoms with Crippen molar-refractivity contribution in [1.29, 1.82) is 0 Å². The van der Waals surface area contributed by atoms with Gasteiger partial charge in [0.25, 0.3) is 0 Å². The molecule has 0 saturated carbocycles. The number of hydrogen-bond acceptors (Lipinski definition) is 0. The average molecular weight is 686 g/mol. The van der Waals surface area contributed by atoms with Gasteiger partial charge in [0.2, 0.25) is 0 Å². The van der Waals surface area contributed by atoms with Crippen molar-refractivity contribution in [1.82, 2.24) is 0 Å². The first-order chi connectivity index (χ1) is 16.9. The van der Waals surface area contributed by atoms with Crippen LogP contribution in [0, 0.1) is 0 Å². The van der Waals surface area contributed by atoms with Crippen LogP contribution in [0.2, 0.25) is 0 Å². The van der Waals surface area contributed by atoms with Crippen LogP contribution in [0.5, 0.6) is 0 Å². The fourth-order valence-corrected chi connectivity index (χ4v) is 33.0. The first-order valence-electron chi connectivity index (χ1n) is 11.7. The second-order valence-corrected chi connectivity index (χ2v) is 26.5. The molecule has 36 heavy (non-hydrogen) atoms. The molecule has 0 radical (unpaired) electrons. The Morgan fingerprint density at radius 3 is 1.14 bits per heavy atom. The normalized spacial score (nSPS) is 10.1. The summed E-state index contributed by atoms with van der Waals surface area (Å²) in [4.78, 5) is 0. The summed E-state index contributed by atoms with van der Waals surface area (Å²) in [5.74, 6) is 0. The van der Waals surface area contributed by atoms with Crippen molar-refractivity contribution >= 4 is 22.5 Å². The first kappa shape index (κ1) is 26.6. The zero-order valence-corrected chi connectivity index (χ0v) is 25.7. The predicted molar refractivity (Wildman–Crippen MR) is 143 cm³/mol. The van der Waals surface area contributed by atoms with E-state index < -0.39 is 25.6 Å². The number of rotatable bonds is 4. The van der Waals surface area contributed by atoms with Gasteiger partial charge in [0.1, 0.15) is 0 Å². The van der Waals surface area contributed by atoms with Gasteiger partial charge in [0, 0.05) is 0 Å². The zero-order valence-electron chi connectivity index (χ0n) is 19.6. The minimum atomic E-state index is -2.73. The summed E-state index contributed by atoms with van der Waals surface area (Å²) in [6.07, 6.45) is 0. The van der Waals surface area contributed by atoms with Crippen molar-refractivity contribution in [3.05, 3.63) is 146 Å². The van der Waals surface area contributed by atoms with Crippen LogP contribution < -0.4 is 41.8 Å². The van der Waals surface area contributed by atoms with Gasteiger partial charge in [-0.15, -0.1) is 0 Å². The third-order valence-corrected chi connectivity index (χ3v) is 31.8. The topological polar surface area (TPSA) is 0 Å². The molecule has 0 spiro atoms. The van der Waals surface area contributed by atoms with Crippen LogP contribution in [-0.2, 0) is 20.1 Å². The summed E-state index contributed by atoms with van der Waals surface area (Å²) >= 11 is -2.73. The standard InChI is InChI=1S/C12H10Si.2C10H7.2ClH.Hf/c1-3-7-11(8-4-1)13-12-9-5-2-6-10-12;2*1-2-5-9-7-4-8-10(9)6-3-1;;;/h1-10H;2*1-7H;2*1H;/q;;;;;+2/p-2. The van der Waals surface area contributed by atoms with E-state index in [0.717, 1.165) is 0 Å². The molecule has 2 aromatic carbocycles. The third-order valence-electron chi connectivity index (χ3n) is 6.50. The summed E-state index contributed by atoms with van der Waals surface area (Å²) < 4.78 is 3.27. The molecule has 0 unspecified atom stereocenters. The third kappa shape index (κ3) is 5.14. The molecule has 0 aliphatic heterocycles. The van der Waals surface area contributed by atoms with Gasteiger partial charge >= 0.3 is 210 Å². The summed E-state index contributed by atoms with van der Waals surface area (Å²) in [7, 11) is 0. The van der Waals surface area contributed by atoms with E-state index in [4.69, 9.17) is 0 Å². The Bertz CT molecular complexity index is 1430. The zero-order chi connectivity index (χ0) is 22.7. The molecule has 4 heteroatoms. The van der Waals surface area contributed by atoms with Crippen molar-refractivity contribution < 1.29 is 44.9 Å². The van der Waals surface area contributed by atoms with Crippen LogP contribution in [0.1, 0.15) is 0 Å². The van der Waals surface area contributed by atoms with Gasteiger partial charge in [0.05, 0.1) is 0 Å². The molecule has 0 nitrogen and oxygen atoms in total. The van der Waals surface area contributed by atoms with Gasteiger partial charge in [0.15, 0.2) is 0 Å². The summed E-state index contributed by atoms with van der Waals surface area (Å²) in [6.45, 7) is 0. The van der Waals surface area contributed by atoms with Crippen molar-refractivity contribution in [2.75, 3.05) is 0 Å². The fourth-order valence-electron chi connectivity index (χ4n) is 4.94. The minimum absolute atomic E-state index is 0. The van der Waals surface area contributed by atoms with Crippen LogP contribution in [0.25, 0.3) is 22.3 Å². The van der Waals surface area contributed by atoms with E-state index in [0.29, 0.717) is 0 Å². The van der Waals surface area contributed by atoms with E-state index in [-0.39, 0.29) is 24.8 Å². The number of fused-ring (bicyclic) bond motifs is 2. The number of benzene rings is 2. The molecule has 0 fully saturated rings. The molecule has 174 valence electrons. The Morgan fingerprint density at radius 1 is 0.361 bits per heavy atom. The van der Waals surface area contributed by atoms with Crippen molar-refractivity contribution in [2.45, 2.75) is 0 Å². The molecule has 0 saturated heterocycles. The SMILES string of the molecule is [Cl-].[Cl-].c1ccc([Si](c2ccccc2)=[Hf+2]([c]2ccc3cccccc2-3)[c]2ccc3cccccc2-3)cc1.